The Labute approximate surface area is 118 Å². The minimum atomic E-state index is -0.854. The second-order valence-electron chi connectivity index (χ2n) is 5.86. The second kappa shape index (κ2) is 5.94. The Morgan fingerprint density at radius 3 is 2.35 bits per heavy atom. The van der Waals surface area contributed by atoms with Crippen LogP contribution in [0.15, 0.2) is 18.2 Å². The zero-order valence-corrected chi connectivity index (χ0v) is 11.6. The second-order valence-corrected chi connectivity index (χ2v) is 5.86. The first-order valence-corrected chi connectivity index (χ1v) is 7.57. The summed E-state index contributed by atoms with van der Waals surface area (Å²) in [6.07, 6.45) is 11.4. The van der Waals surface area contributed by atoms with Crippen molar-refractivity contribution in [2.75, 3.05) is 0 Å². The molecule has 0 saturated heterocycles. The third kappa shape index (κ3) is 2.87. The molecule has 0 unspecified atom stereocenters. The average molecular weight is 278 g/mol. The minimum Gasteiger partial charge on any atom is -0.487 e. The van der Waals surface area contributed by atoms with Crippen molar-refractivity contribution in [3.8, 4) is 5.75 Å². The lowest BCUT2D eigenvalue weighted by atomic mass is 9.85. The summed E-state index contributed by atoms with van der Waals surface area (Å²) >= 11 is 0. The summed E-state index contributed by atoms with van der Waals surface area (Å²) in [5.41, 5.74) is 0.313. The van der Waals surface area contributed by atoms with Crippen LogP contribution >= 0.6 is 0 Å². The van der Waals surface area contributed by atoms with Crippen LogP contribution in [0.2, 0.25) is 0 Å². The summed E-state index contributed by atoms with van der Waals surface area (Å²) in [6, 6.07) is 3.16. The minimum absolute atomic E-state index is 0.0419. The summed E-state index contributed by atoms with van der Waals surface area (Å²) in [6.45, 7) is 0. The molecule has 2 saturated carbocycles. The number of rotatable bonds is 4. The highest BCUT2D eigenvalue weighted by Crippen LogP contribution is 2.31. The molecule has 2 aliphatic carbocycles. The predicted octanol–water partition coefficient (Wildman–Crippen LogP) is 5.10. The van der Waals surface area contributed by atoms with Crippen LogP contribution < -0.4 is 4.74 Å². The Bertz CT molecular complexity index is 500. The molecular formula is C17H20F2O. The van der Waals surface area contributed by atoms with Gasteiger partial charge in [0.2, 0.25) is 5.82 Å². The van der Waals surface area contributed by atoms with E-state index in [-0.39, 0.29) is 11.9 Å². The molecule has 0 aliphatic heterocycles. The summed E-state index contributed by atoms with van der Waals surface area (Å²) in [4.78, 5) is 0. The first-order chi connectivity index (χ1) is 9.74. The van der Waals surface area contributed by atoms with Crippen molar-refractivity contribution in [1.29, 1.82) is 0 Å². The highest BCUT2D eigenvalue weighted by molar-refractivity contribution is 5.52. The van der Waals surface area contributed by atoms with Gasteiger partial charge in [-0.05, 0) is 56.6 Å². The smallest absolute Gasteiger partial charge is 0.201 e. The first-order valence-electron chi connectivity index (χ1n) is 7.57. The fourth-order valence-corrected chi connectivity index (χ4v) is 2.82. The van der Waals surface area contributed by atoms with Gasteiger partial charge >= 0.3 is 0 Å². The Balaban J connectivity index is 1.73. The van der Waals surface area contributed by atoms with Crippen LogP contribution in [0.3, 0.4) is 0 Å². The van der Waals surface area contributed by atoms with Crippen LogP contribution in [0.1, 0.15) is 50.5 Å². The van der Waals surface area contributed by atoms with E-state index in [9.17, 15) is 8.78 Å². The van der Waals surface area contributed by atoms with E-state index in [0.717, 1.165) is 38.5 Å². The molecule has 3 heteroatoms. The molecule has 1 aromatic carbocycles. The van der Waals surface area contributed by atoms with Gasteiger partial charge in [-0.15, -0.1) is 0 Å². The molecule has 0 amide bonds. The van der Waals surface area contributed by atoms with Gasteiger partial charge in [0.25, 0.3) is 0 Å². The summed E-state index contributed by atoms with van der Waals surface area (Å²) in [5, 5.41) is 0. The Kier molecular flexibility index (Phi) is 4.04. The van der Waals surface area contributed by atoms with Gasteiger partial charge in [-0.1, -0.05) is 18.6 Å². The quantitative estimate of drug-likeness (QED) is 0.744. The van der Waals surface area contributed by atoms with E-state index in [1.165, 1.54) is 6.42 Å². The molecule has 1 aromatic rings. The van der Waals surface area contributed by atoms with Crippen molar-refractivity contribution in [2.24, 2.45) is 5.92 Å². The van der Waals surface area contributed by atoms with E-state index >= 15 is 0 Å². The molecule has 0 aromatic heterocycles. The van der Waals surface area contributed by atoms with Gasteiger partial charge in [-0.25, -0.2) is 4.39 Å². The molecule has 3 rings (SSSR count). The van der Waals surface area contributed by atoms with Crippen LogP contribution in [-0.4, -0.2) is 6.10 Å². The van der Waals surface area contributed by atoms with E-state index in [1.807, 2.05) is 6.08 Å². The lowest BCUT2D eigenvalue weighted by Crippen LogP contribution is -2.12. The summed E-state index contributed by atoms with van der Waals surface area (Å²) in [7, 11) is 0. The van der Waals surface area contributed by atoms with Crippen LogP contribution in [0, 0.1) is 17.6 Å². The normalized spacial score (nSPS) is 20.5. The highest BCUT2D eigenvalue weighted by Gasteiger charge is 2.21. The van der Waals surface area contributed by atoms with Gasteiger partial charge in [0, 0.05) is 5.56 Å². The Morgan fingerprint density at radius 1 is 0.950 bits per heavy atom. The fourth-order valence-electron chi connectivity index (χ4n) is 2.82. The number of halogens is 2. The summed E-state index contributed by atoms with van der Waals surface area (Å²) in [5.74, 6) is -1.06. The maximum atomic E-state index is 14.0. The predicted molar refractivity (Wildman–Crippen MR) is 75.6 cm³/mol. The van der Waals surface area contributed by atoms with E-state index < -0.39 is 11.6 Å². The first kappa shape index (κ1) is 13.6. The van der Waals surface area contributed by atoms with E-state index in [2.05, 4.69) is 0 Å². The molecule has 0 spiro atoms. The monoisotopic (exact) mass is 278 g/mol. The average Bonchev–Trinajstić information content (AvgIpc) is 2.89. The zero-order valence-electron chi connectivity index (χ0n) is 11.6. The lowest BCUT2D eigenvalue weighted by molar-refractivity contribution is 0.198. The van der Waals surface area contributed by atoms with Gasteiger partial charge in [0.1, 0.15) is 0 Å². The van der Waals surface area contributed by atoms with Crippen LogP contribution in [-0.2, 0) is 0 Å². The van der Waals surface area contributed by atoms with Gasteiger partial charge < -0.3 is 4.74 Å². The largest absolute Gasteiger partial charge is 0.487 e. The molecule has 0 N–H and O–H groups in total. The van der Waals surface area contributed by atoms with Crippen molar-refractivity contribution in [2.45, 2.75) is 51.0 Å². The topological polar surface area (TPSA) is 9.23 Å². The third-order valence-corrected chi connectivity index (χ3v) is 4.37. The molecule has 0 bridgehead atoms. The molecule has 1 nitrogen and oxygen atoms in total. The van der Waals surface area contributed by atoms with Crippen molar-refractivity contribution >= 4 is 6.08 Å². The molecule has 0 atom stereocenters. The molecule has 2 aliphatic rings. The van der Waals surface area contributed by atoms with Crippen LogP contribution in [0.5, 0.6) is 5.75 Å². The maximum Gasteiger partial charge on any atom is 0.201 e. The molecule has 0 radical (unpaired) electrons. The maximum absolute atomic E-state index is 14.0. The van der Waals surface area contributed by atoms with Crippen molar-refractivity contribution in [3.05, 3.63) is 35.4 Å². The van der Waals surface area contributed by atoms with Crippen LogP contribution in [0.25, 0.3) is 6.08 Å². The standard InChI is InChI=1S/C17H20F2O/c18-16-13(9-8-12-4-3-5-12)10-11-15(17(16)19)20-14-6-1-2-7-14/h8-12,14H,1-7H2/b9-8+. The Hall–Kier alpha value is -1.38. The van der Waals surface area contributed by atoms with Crippen molar-refractivity contribution in [3.63, 3.8) is 0 Å². The van der Waals surface area contributed by atoms with Gasteiger partial charge in [-0.3, -0.25) is 0 Å². The SMILES string of the molecule is Fc1c(/C=C/C2CCC2)ccc(OC2CCCC2)c1F. The van der Waals surface area contributed by atoms with E-state index in [4.69, 9.17) is 4.74 Å². The number of allylic oxidation sites excluding steroid dienone is 1. The van der Waals surface area contributed by atoms with Crippen molar-refractivity contribution in [1.82, 2.24) is 0 Å². The van der Waals surface area contributed by atoms with Gasteiger partial charge in [-0.2, -0.15) is 4.39 Å². The summed E-state index contributed by atoms with van der Waals surface area (Å²) < 4.78 is 33.6. The Morgan fingerprint density at radius 2 is 1.70 bits per heavy atom. The molecule has 2 fully saturated rings. The van der Waals surface area contributed by atoms with Gasteiger partial charge in [0.15, 0.2) is 11.6 Å². The van der Waals surface area contributed by atoms with E-state index in [1.54, 1.807) is 18.2 Å². The van der Waals surface area contributed by atoms with Crippen LogP contribution in [0.4, 0.5) is 8.78 Å². The number of hydrogen-bond donors (Lipinski definition) is 0. The lowest BCUT2D eigenvalue weighted by Gasteiger charge is -2.21. The molecule has 0 heterocycles. The number of hydrogen-bond acceptors (Lipinski definition) is 1. The zero-order chi connectivity index (χ0) is 13.9. The molecular weight excluding hydrogens is 258 g/mol. The molecule has 108 valence electrons. The van der Waals surface area contributed by atoms with Crippen molar-refractivity contribution < 1.29 is 13.5 Å². The molecule has 20 heavy (non-hydrogen) atoms. The van der Waals surface area contributed by atoms with Gasteiger partial charge in [0.05, 0.1) is 6.10 Å². The fraction of sp³-hybridized carbons (Fsp3) is 0.529. The number of benzene rings is 1. The third-order valence-electron chi connectivity index (χ3n) is 4.37. The highest BCUT2D eigenvalue weighted by atomic mass is 19.2. The van der Waals surface area contributed by atoms with E-state index in [0.29, 0.717) is 11.5 Å². The number of ether oxygens (including phenoxy) is 1.